The molecule has 1 amide bonds. The number of nitrogens with zero attached hydrogens (tertiary/aromatic N) is 1. The molecule has 2 aromatic carbocycles. The summed E-state index contributed by atoms with van der Waals surface area (Å²) in [5, 5.41) is 9.91. The van der Waals surface area contributed by atoms with Crippen LogP contribution in [0.3, 0.4) is 0 Å². The Hall–Kier alpha value is -3.28. The summed E-state index contributed by atoms with van der Waals surface area (Å²) in [6, 6.07) is 17.1. The summed E-state index contributed by atoms with van der Waals surface area (Å²) in [7, 11) is 3.09. The second-order valence-corrected chi connectivity index (χ2v) is 5.82. The van der Waals surface area contributed by atoms with Crippen molar-refractivity contribution in [1.29, 1.82) is 0 Å². The molecule has 0 aliphatic heterocycles. The molecule has 6 heteroatoms. The molecule has 6 nitrogen and oxygen atoms in total. The predicted molar refractivity (Wildman–Crippen MR) is 99.9 cm³/mol. The highest BCUT2D eigenvalue weighted by Crippen LogP contribution is 2.23. The van der Waals surface area contributed by atoms with Gasteiger partial charge in [0.05, 0.1) is 14.2 Å². The third-order valence-corrected chi connectivity index (χ3v) is 4.01. The quantitative estimate of drug-likeness (QED) is 0.683. The number of aromatic nitrogens is 2. The number of anilines is 1. The lowest BCUT2D eigenvalue weighted by Crippen LogP contribution is -2.12. The van der Waals surface area contributed by atoms with Crippen molar-refractivity contribution in [3.63, 3.8) is 0 Å². The molecule has 0 aliphatic rings. The van der Waals surface area contributed by atoms with Gasteiger partial charge in [0, 0.05) is 23.4 Å². The number of hydrogen-bond donors (Lipinski definition) is 2. The molecule has 1 heterocycles. The number of nitrogens with one attached hydrogen (secondary N) is 2. The molecule has 0 atom stereocenters. The number of hydrogen-bond acceptors (Lipinski definition) is 4. The number of amides is 1. The van der Waals surface area contributed by atoms with Crippen molar-refractivity contribution in [3.8, 4) is 11.5 Å². The average molecular weight is 351 g/mol. The lowest BCUT2D eigenvalue weighted by Gasteiger charge is -2.08. The number of rotatable bonds is 7. The number of ether oxygens (including phenoxy) is 2. The van der Waals surface area contributed by atoms with E-state index < -0.39 is 0 Å². The normalized spacial score (nSPS) is 10.4. The van der Waals surface area contributed by atoms with Crippen LogP contribution in [-0.4, -0.2) is 30.3 Å². The lowest BCUT2D eigenvalue weighted by atomic mass is 10.1. The van der Waals surface area contributed by atoms with E-state index in [1.807, 2.05) is 24.3 Å². The van der Waals surface area contributed by atoms with Gasteiger partial charge in [-0.25, -0.2) is 0 Å². The van der Waals surface area contributed by atoms with Gasteiger partial charge in [-0.3, -0.25) is 9.89 Å². The van der Waals surface area contributed by atoms with Crippen LogP contribution in [0.2, 0.25) is 0 Å². The SMILES string of the molecule is COc1cc(OC)cc(C(=O)Nc2cc(CCc3ccccc3)[nH]n2)c1. The van der Waals surface area contributed by atoms with E-state index in [1.165, 1.54) is 5.56 Å². The van der Waals surface area contributed by atoms with Gasteiger partial charge < -0.3 is 14.8 Å². The smallest absolute Gasteiger partial charge is 0.257 e. The molecule has 26 heavy (non-hydrogen) atoms. The topological polar surface area (TPSA) is 76.2 Å². The molecule has 0 unspecified atom stereocenters. The van der Waals surface area contributed by atoms with Crippen molar-refractivity contribution in [1.82, 2.24) is 10.2 Å². The van der Waals surface area contributed by atoms with Crippen molar-refractivity contribution >= 4 is 11.7 Å². The van der Waals surface area contributed by atoms with Crippen LogP contribution in [0.1, 0.15) is 21.6 Å². The molecule has 134 valence electrons. The fourth-order valence-electron chi connectivity index (χ4n) is 2.60. The van der Waals surface area contributed by atoms with Crippen LogP contribution in [-0.2, 0) is 12.8 Å². The van der Waals surface area contributed by atoms with E-state index in [1.54, 1.807) is 32.4 Å². The number of H-pyrrole nitrogens is 1. The van der Waals surface area contributed by atoms with E-state index in [2.05, 4.69) is 27.6 Å². The van der Waals surface area contributed by atoms with Crippen molar-refractivity contribution in [2.75, 3.05) is 19.5 Å². The summed E-state index contributed by atoms with van der Waals surface area (Å²) in [6.45, 7) is 0. The molecule has 0 aliphatic carbocycles. The monoisotopic (exact) mass is 351 g/mol. The zero-order valence-electron chi connectivity index (χ0n) is 14.8. The van der Waals surface area contributed by atoms with Crippen LogP contribution in [0.5, 0.6) is 11.5 Å². The molecule has 3 rings (SSSR count). The van der Waals surface area contributed by atoms with E-state index in [-0.39, 0.29) is 5.91 Å². The molecular formula is C20H21N3O3. The minimum Gasteiger partial charge on any atom is -0.497 e. The van der Waals surface area contributed by atoms with Crippen LogP contribution in [0.15, 0.2) is 54.6 Å². The fourth-order valence-corrected chi connectivity index (χ4v) is 2.60. The highest BCUT2D eigenvalue weighted by molar-refractivity contribution is 6.04. The Bertz CT molecular complexity index is 853. The Morgan fingerprint density at radius 3 is 2.35 bits per heavy atom. The van der Waals surface area contributed by atoms with E-state index in [9.17, 15) is 4.79 Å². The van der Waals surface area contributed by atoms with E-state index in [4.69, 9.17) is 9.47 Å². The van der Waals surface area contributed by atoms with Gasteiger partial charge in [0.2, 0.25) is 0 Å². The van der Waals surface area contributed by atoms with Gasteiger partial charge in [-0.05, 0) is 30.5 Å². The first-order valence-corrected chi connectivity index (χ1v) is 8.30. The Kier molecular flexibility index (Phi) is 5.53. The minimum atomic E-state index is -0.275. The lowest BCUT2D eigenvalue weighted by molar-refractivity contribution is 0.102. The van der Waals surface area contributed by atoms with Crippen molar-refractivity contribution in [3.05, 3.63) is 71.4 Å². The Morgan fingerprint density at radius 2 is 1.69 bits per heavy atom. The molecular weight excluding hydrogens is 330 g/mol. The van der Waals surface area contributed by atoms with Crippen LogP contribution in [0.25, 0.3) is 0 Å². The fraction of sp³-hybridized carbons (Fsp3) is 0.200. The number of methoxy groups -OCH3 is 2. The first kappa shape index (κ1) is 17.5. The molecule has 0 bridgehead atoms. The number of aryl methyl sites for hydroxylation is 2. The van der Waals surface area contributed by atoms with Crippen LogP contribution in [0.4, 0.5) is 5.82 Å². The summed E-state index contributed by atoms with van der Waals surface area (Å²) < 4.78 is 10.4. The van der Waals surface area contributed by atoms with Gasteiger partial charge in [0.25, 0.3) is 5.91 Å². The summed E-state index contributed by atoms with van der Waals surface area (Å²) in [6.07, 6.45) is 1.73. The van der Waals surface area contributed by atoms with Gasteiger partial charge >= 0.3 is 0 Å². The maximum absolute atomic E-state index is 12.5. The highest BCUT2D eigenvalue weighted by atomic mass is 16.5. The largest absolute Gasteiger partial charge is 0.497 e. The molecule has 3 aromatic rings. The van der Waals surface area contributed by atoms with Crippen molar-refractivity contribution in [2.24, 2.45) is 0 Å². The first-order valence-electron chi connectivity index (χ1n) is 8.30. The minimum absolute atomic E-state index is 0.275. The summed E-state index contributed by atoms with van der Waals surface area (Å²) in [4.78, 5) is 12.5. The number of carbonyl (C=O) groups is 1. The molecule has 2 N–H and O–H groups in total. The molecule has 0 fully saturated rings. The second kappa shape index (κ2) is 8.20. The maximum atomic E-state index is 12.5. The molecule has 0 radical (unpaired) electrons. The van der Waals surface area contributed by atoms with E-state index in [0.717, 1.165) is 18.5 Å². The highest BCUT2D eigenvalue weighted by Gasteiger charge is 2.12. The molecule has 1 aromatic heterocycles. The van der Waals surface area contributed by atoms with Gasteiger partial charge in [0.1, 0.15) is 11.5 Å². The van der Waals surface area contributed by atoms with E-state index >= 15 is 0 Å². The summed E-state index contributed by atoms with van der Waals surface area (Å²) in [5.74, 6) is 1.32. The number of benzene rings is 2. The zero-order valence-corrected chi connectivity index (χ0v) is 14.8. The van der Waals surface area contributed by atoms with Gasteiger partial charge in [0.15, 0.2) is 5.82 Å². The Labute approximate surface area is 152 Å². The zero-order chi connectivity index (χ0) is 18.4. The van der Waals surface area contributed by atoms with Crippen LogP contribution in [0, 0.1) is 0 Å². The summed E-state index contributed by atoms with van der Waals surface area (Å²) in [5.41, 5.74) is 2.67. The number of aromatic amines is 1. The predicted octanol–water partition coefficient (Wildman–Crippen LogP) is 3.46. The van der Waals surface area contributed by atoms with Crippen molar-refractivity contribution in [2.45, 2.75) is 12.8 Å². The second-order valence-electron chi connectivity index (χ2n) is 5.82. The summed E-state index contributed by atoms with van der Waals surface area (Å²) >= 11 is 0. The van der Waals surface area contributed by atoms with Crippen molar-refractivity contribution < 1.29 is 14.3 Å². The molecule has 0 spiro atoms. The van der Waals surface area contributed by atoms with Gasteiger partial charge in [-0.15, -0.1) is 0 Å². The van der Waals surface area contributed by atoms with Gasteiger partial charge in [-0.1, -0.05) is 30.3 Å². The van der Waals surface area contributed by atoms with E-state index in [0.29, 0.717) is 22.9 Å². The maximum Gasteiger partial charge on any atom is 0.257 e. The Morgan fingerprint density at radius 1 is 1.00 bits per heavy atom. The van der Waals surface area contributed by atoms with Crippen LogP contribution < -0.4 is 14.8 Å². The number of carbonyl (C=O) groups excluding carboxylic acids is 1. The average Bonchev–Trinajstić information content (AvgIpc) is 3.14. The van der Waals surface area contributed by atoms with Crippen LogP contribution >= 0.6 is 0 Å². The van der Waals surface area contributed by atoms with Gasteiger partial charge in [-0.2, -0.15) is 5.10 Å². The Balaban J connectivity index is 1.64. The third kappa shape index (κ3) is 4.42. The molecule has 0 saturated heterocycles. The first-order chi connectivity index (χ1) is 12.7. The molecule has 0 saturated carbocycles. The third-order valence-electron chi connectivity index (χ3n) is 4.01. The standard InChI is InChI=1S/C20H21N3O3/c1-25-17-10-15(11-18(13-17)26-2)20(24)21-19-12-16(22-23-19)9-8-14-6-4-3-5-7-14/h3-7,10-13H,8-9H2,1-2H3,(H2,21,22,23,24).